The summed E-state index contributed by atoms with van der Waals surface area (Å²) in [5, 5.41) is 4.72. The Bertz CT molecular complexity index is 766. The van der Waals surface area contributed by atoms with E-state index < -0.39 is 11.9 Å². The van der Waals surface area contributed by atoms with Crippen molar-refractivity contribution in [1.82, 2.24) is 5.32 Å². The zero-order valence-corrected chi connectivity index (χ0v) is 15.3. The number of anilines is 1. The van der Waals surface area contributed by atoms with Crippen molar-refractivity contribution in [2.75, 3.05) is 26.1 Å². The summed E-state index contributed by atoms with van der Waals surface area (Å²) in [6, 6.07) is 11.2. The van der Waals surface area contributed by atoms with Crippen LogP contribution in [-0.4, -0.2) is 32.8 Å². The molecule has 0 unspecified atom stereocenters. The van der Waals surface area contributed by atoms with Gasteiger partial charge in [0, 0.05) is 10.5 Å². The minimum atomic E-state index is -0.689. The van der Waals surface area contributed by atoms with Crippen molar-refractivity contribution in [2.45, 2.75) is 0 Å². The Morgan fingerprint density at radius 1 is 1.04 bits per heavy atom. The molecule has 2 rings (SSSR count). The molecule has 0 bridgehead atoms. The van der Waals surface area contributed by atoms with Crippen molar-refractivity contribution in [1.29, 1.82) is 0 Å². The molecular formula is C17H17BrN2O5. The minimum Gasteiger partial charge on any atom is -0.497 e. The molecule has 2 aromatic rings. The lowest BCUT2D eigenvalue weighted by Crippen LogP contribution is -2.37. The molecule has 132 valence electrons. The number of urea groups is 1. The number of rotatable bonds is 6. The molecule has 0 saturated heterocycles. The van der Waals surface area contributed by atoms with Crippen LogP contribution in [-0.2, 0) is 4.79 Å². The van der Waals surface area contributed by atoms with Crippen LogP contribution in [0.15, 0.2) is 46.9 Å². The maximum absolute atomic E-state index is 11.9. The second-order valence-electron chi connectivity index (χ2n) is 4.81. The summed E-state index contributed by atoms with van der Waals surface area (Å²) < 4.78 is 16.4. The van der Waals surface area contributed by atoms with Gasteiger partial charge >= 0.3 is 6.03 Å². The molecule has 0 aromatic heterocycles. The van der Waals surface area contributed by atoms with E-state index in [0.717, 1.165) is 4.47 Å². The van der Waals surface area contributed by atoms with Gasteiger partial charge in [0.1, 0.15) is 17.2 Å². The normalized spacial score (nSPS) is 9.88. The topological polar surface area (TPSA) is 85.9 Å². The summed E-state index contributed by atoms with van der Waals surface area (Å²) in [6.07, 6.45) is 0. The van der Waals surface area contributed by atoms with Crippen molar-refractivity contribution in [3.63, 3.8) is 0 Å². The van der Waals surface area contributed by atoms with Gasteiger partial charge in [0.05, 0.1) is 19.9 Å². The molecule has 8 heteroatoms. The number of amides is 3. The second-order valence-corrected chi connectivity index (χ2v) is 5.73. The first-order valence-corrected chi connectivity index (χ1v) is 8.02. The lowest BCUT2D eigenvalue weighted by atomic mass is 10.2. The first-order chi connectivity index (χ1) is 12.0. The highest BCUT2D eigenvalue weighted by Gasteiger charge is 2.12. The first-order valence-electron chi connectivity index (χ1n) is 7.23. The standard InChI is InChI=1S/C17H17BrN2O5/c1-23-12-6-7-14(15(9-12)24-2)19-17(22)20-16(21)10-25-13-5-3-4-11(18)8-13/h3-9H,10H2,1-2H3,(H2,19,20,21,22). The summed E-state index contributed by atoms with van der Waals surface area (Å²) in [6.45, 7) is -0.288. The number of carbonyl (C=O) groups excluding carboxylic acids is 2. The van der Waals surface area contributed by atoms with E-state index in [4.69, 9.17) is 14.2 Å². The Morgan fingerprint density at radius 2 is 1.84 bits per heavy atom. The van der Waals surface area contributed by atoms with Crippen LogP contribution >= 0.6 is 15.9 Å². The molecule has 0 saturated carbocycles. The third-order valence-corrected chi connectivity index (χ3v) is 3.57. The average molecular weight is 409 g/mol. The van der Waals surface area contributed by atoms with Crippen LogP contribution in [0.4, 0.5) is 10.5 Å². The number of hydrogen-bond acceptors (Lipinski definition) is 5. The highest BCUT2D eigenvalue weighted by Crippen LogP contribution is 2.28. The van der Waals surface area contributed by atoms with Gasteiger partial charge < -0.3 is 19.5 Å². The number of benzene rings is 2. The van der Waals surface area contributed by atoms with Gasteiger partial charge in [0.15, 0.2) is 6.61 Å². The number of imide groups is 1. The largest absolute Gasteiger partial charge is 0.497 e. The van der Waals surface area contributed by atoms with Crippen LogP contribution < -0.4 is 24.8 Å². The SMILES string of the molecule is COc1ccc(NC(=O)NC(=O)COc2cccc(Br)c2)c(OC)c1. The third kappa shape index (κ3) is 5.68. The highest BCUT2D eigenvalue weighted by atomic mass is 79.9. The number of ether oxygens (including phenoxy) is 3. The average Bonchev–Trinajstić information content (AvgIpc) is 2.60. The number of carbonyl (C=O) groups is 2. The predicted molar refractivity (Wildman–Crippen MR) is 96.3 cm³/mol. The summed E-state index contributed by atoms with van der Waals surface area (Å²) in [4.78, 5) is 23.7. The molecule has 2 aromatic carbocycles. The van der Waals surface area contributed by atoms with E-state index in [-0.39, 0.29) is 6.61 Å². The maximum Gasteiger partial charge on any atom is 0.326 e. The highest BCUT2D eigenvalue weighted by molar-refractivity contribution is 9.10. The Balaban J connectivity index is 1.88. The van der Waals surface area contributed by atoms with Gasteiger partial charge in [0.2, 0.25) is 0 Å². The Kier molecular flexibility index (Phi) is 6.64. The third-order valence-electron chi connectivity index (χ3n) is 3.08. The summed E-state index contributed by atoms with van der Waals surface area (Å²) in [7, 11) is 2.99. The van der Waals surface area contributed by atoms with Crippen LogP contribution in [0.5, 0.6) is 17.2 Å². The molecule has 0 fully saturated rings. The molecule has 3 amide bonds. The van der Waals surface area contributed by atoms with Crippen molar-refractivity contribution < 1.29 is 23.8 Å². The Morgan fingerprint density at radius 3 is 2.52 bits per heavy atom. The van der Waals surface area contributed by atoms with Crippen LogP contribution in [0, 0.1) is 0 Å². The van der Waals surface area contributed by atoms with Crippen molar-refractivity contribution >= 4 is 33.6 Å². The van der Waals surface area contributed by atoms with E-state index >= 15 is 0 Å². The zero-order chi connectivity index (χ0) is 18.2. The van der Waals surface area contributed by atoms with Gasteiger partial charge in [-0.2, -0.15) is 0 Å². The smallest absolute Gasteiger partial charge is 0.326 e. The predicted octanol–water partition coefficient (Wildman–Crippen LogP) is 3.19. The van der Waals surface area contributed by atoms with Crippen LogP contribution in [0.3, 0.4) is 0 Å². The zero-order valence-electron chi connectivity index (χ0n) is 13.7. The quantitative estimate of drug-likeness (QED) is 0.766. The summed E-state index contributed by atoms with van der Waals surface area (Å²) in [5.41, 5.74) is 0.404. The van der Waals surface area contributed by atoms with Crippen LogP contribution in [0.25, 0.3) is 0 Å². The molecule has 0 aliphatic heterocycles. The van der Waals surface area contributed by atoms with E-state index in [2.05, 4.69) is 26.6 Å². The molecule has 2 N–H and O–H groups in total. The van der Waals surface area contributed by atoms with Gasteiger partial charge in [-0.15, -0.1) is 0 Å². The van der Waals surface area contributed by atoms with Gasteiger partial charge in [-0.1, -0.05) is 22.0 Å². The number of hydrogen-bond donors (Lipinski definition) is 2. The van der Waals surface area contributed by atoms with Crippen molar-refractivity contribution in [3.05, 3.63) is 46.9 Å². The van der Waals surface area contributed by atoms with Crippen molar-refractivity contribution in [3.8, 4) is 17.2 Å². The van der Waals surface area contributed by atoms with E-state index in [1.54, 1.807) is 36.4 Å². The Labute approximate surface area is 153 Å². The lowest BCUT2D eigenvalue weighted by molar-refractivity contribution is -0.121. The monoisotopic (exact) mass is 408 g/mol. The van der Waals surface area contributed by atoms with Crippen LogP contribution in [0.1, 0.15) is 0 Å². The van der Waals surface area contributed by atoms with E-state index in [1.807, 2.05) is 6.07 Å². The van der Waals surface area contributed by atoms with Gasteiger partial charge in [-0.3, -0.25) is 10.1 Å². The molecule has 0 aliphatic rings. The molecule has 0 heterocycles. The fourth-order valence-electron chi connectivity index (χ4n) is 1.92. The Hall–Kier alpha value is -2.74. The molecule has 0 radical (unpaired) electrons. The summed E-state index contributed by atoms with van der Waals surface area (Å²) in [5.74, 6) is 0.931. The number of methoxy groups -OCH3 is 2. The minimum absolute atomic E-state index is 0.288. The van der Waals surface area contributed by atoms with Gasteiger partial charge in [-0.25, -0.2) is 4.79 Å². The number of nitrogens with one attached hydrogen (secondary N) is 2. The van der Waals surface area contributed by atoms with E-state index in [1.165, 1.54) is 14.2 Å². The van der Waals surface area contributed by atoms with E-state index in [9.17, 15) is 9.59 Å². The van der Waals surface area contributed by atoms with Crippen LogP contribution in [0.2, 0.25) is 0 Å². The fraction of sp³-hybridized carbons (Fsp3) is 0.176. The molecule has 25 heavy (non-hydrogen) atoms. The molecule has 0 aliphatic carbocycles. The molecule has 0 atom stereocenters. The number of halogens is 1. The van der Waals surface area contributed by atoms with Gasteiger partial charge in [0.25, 0.3) is 5.91 Å². The molecular weight excluding hydrogens is 392 g/mol. The first kappa shape index (κ1) is 18.6. The summed E-state index contributed by atoms with van der Waals surface area (Å²) >= 11 is 3.30. The van der Waals surface area contributed by atoms with Gasteiger partial charge in [-0.05, 0) is 30.3 Å². The second kappa shape index (κ2) is 8.93. The maximum atomic E-state index is 11.9. The lowest BCUT2D eigenvalue weighted by Gasteiger charge is -2.12. The molecule has 0 spiro atoms. The molecule has 7 nitrogen and oxygen atoms in total. The van der Waals surface area contributed by atoms with E-state index in [0.29, 0.717) is 22.9 Å². The van der Waals surface area contributed by atoms with Crippen molar-refractivity contribution in [2.24, 2.45) is 0 Å². The fourth-order valence-corrected chi connectivity index (χ4v) is 2.30.